The molecule has 7 nitrogen and oxygen atoms in total. The number of rotatable bonds is 8. The first kappa shape index (κ1) is 21.3. The van der Waals surface area contributed by atoms with Gasteiger partial charge >= 0.3 is 0 Å². The Balaban J connectivity index is 1.69. The maximum atomic E-state index is 12.8. The lowest BCUT2D eigenvalue weighted by molar-refractivity contribution is -0.118. The molecule has 0 saturated carbocycles. The van der Waals surface area contributed by atoms with Gasteiger partial charge in [-0.25, -0.2) is 10.4 Å². The van der Waals surface area contributed by atoms with Gasteiger partial charge in [-0.15, -0.1) is 0 Å². The predicted molar refractivity (Wildman–Crippen MR) is 120 cm³/mol. The maximum Gasteiger partial charge on any atom is 0.262 e. The van der Waals surface area contributed by atoms with E-state index in [2.05, 4.69) is 22.1 Å². The van der Waals surface area contributed by atoms with Crippen LogP contribution < -0.4 is 15.7 Å². The molecule has 3 rings (SSSR count). The van der Waals surface area contributed by atoms with Crippen LogP contribution in [0.25, 0.3) is 10.9 Å². The van der Waals surface area contributed by atoms with Gasteiger partial charge in [0.1, 0.15) is 5.75 Å². The van der Waals surface area contributed by atoms with Crippen LogP contribution >= 0.6 is 11.8 Å². The molecule has 1 heterocycles. The van der Waals surface area contributed by atoms with E-state index in [1.54, 1.807) is 36.1 Å². The zero-order chi connectivity index (χ0) is 21.5. The summed E-state index contributed by atoms with van der Waals surface area (Å²) < 4.78 is 6.65. The number of thioether (sulfide) groups is 1. The number of allylic oxidation sites excluding steroid dienone is 1. The molecule has 0 aliphatic rings. The number of nitrogens with one attached hydrogen (secondary N) is 1. The molecule has 0 atom stereocenters. The van der Waals surface area contributed by atoms with E-state index in [4.69, 9.17) is 4.74 Å². The SMILES string of the molecule is C=C(C)Cn1c(SCC(=O)N/N=C\c2ccc(OC)cc2)nc2ccccc2c1=O. The molecule has 0 radical (unpaired) electrons. The van der Waals surface area contributed by atoms with Crippen LogP contribution in [0.2, 0.25) is 0 Å². The van der Waals surface area contributed by atoms with Crippen LogP contribution in [0.1, 0.15) is 12.5 Å². The van der Waals surface area contributed by atoms with Crippen molar-refractivity contribution in [1.29, 1.82) is 0 Å². The third kappa shape index (κ3) is 5.36. The van der Waals surface area contributed by atoms with E-state index in [1.807, 2.05) is 37.3 Å². The van der Waals surface area contributed by atoms with Crippen molar-refractivity contribution in [3.63, 3.8) is 0 Å². The van der Waals surface area contributed by atoms with Crippen molar-refractivity contribution >= 4 is 34.8 Å². The molecule has 1 amide bonds. The van der Waals surface area contributed by atoms with E-state index >= 15 is 0 Å². The Bertz CT molecular complexity index is 1150. The van der Waals surface area contributed by atoms with Crippen LogP contribution in [0.15, 0.2) is 75.7 Å². The lowest BCUT2D eigenvalue weighted by Crippen LogP contribution is -2.25. The highest BCUT2D eigenvalue weighted by Crippen LogP contribution is 2.18. The molecule has 0 aliphatic carbocycles. The maximum absolute atomic E-state index is 12.8. The summed E-state index contributed by atoms with van der Waals surface area (Å²) in [6, 6.07) is 14.4. The fourth-order valence-electron chi connectivity index (χ4n) is 2.70. The summed E-state index contributed by atoms with van der Waals surface area (Å²) in [5.41, 5.74) is 4.59. The van der Waals surface area contributed by atoms with Gasteiger partial charge in [-0.1, -0.05) is 36.0 Å². The number of hydrogen-bond donors (Lipinski definition) is 1. The van der Waals surface area contributed by atoms with Gasteiger partial charge in [0.2, 0.25) is 0 Å². The van der Waals surface area contributed by atoms with Crippen molar-refractivity contribution in [3.8, 4) is 5.75 Å². The molecule has 154 valence electrons. The zero-order valence-electron chi connectivity index (χ0n) is 16.8. The summed E-state index contributed by atoms with van der Waals surface area (Å²) in [6.07, 6.45) is 1.55. The van der Waals surface area contributed by atoms with Gasteiger partial charge in [0.05, 0.1) is 30.0 Å². The lowest BCUT2D eigenvalue weighted by atomic mass is 10.2. The first-order chi connectivity index (χ1) is 14.5. The number of hydrazone groups is 1. The van der Waals surface area contributed by atoms with Gasteiger partial charge in [-0.3, -0.25) is 14.2 Å². The van der Waals surface area contributed by atoms with E-state index in [1.165, 1.54) is 11.8 Å². The highest BCUT2D eigenvalue weighted by molar-refractivity contribution is 7.99. The Kier molecular flexibility index (Phi) is 7.03. The second kappa shape index (κ2) is 9.89. The van der Waals surface area contributed by atoms with Crippen molar-refractivity contribution in [1.82, 2.24) is 15.0 Å². The Morgan fingerprint density at radius 2 is 2.00 bits per heavy atom. The van der Waals surface area contributed by atoms with Crippen molar-refractivity contribution in [2.24, 2.45) is 5.10 Å². The summed E-state index contributed by atoms with van der Waals surface area (Å²) in [5.74, 6) is 0.520. The third-order valence-corrected chi connectivity index (χ3v) is 5.08. The van der Waals surface area contributed by atoms with Gasteiger partial charge in [0.25, 0.3) is 11.5 Å². The van der Waals surface area contributed by atoms with E-state index in [0.29, 0.717) is 22.6 Å². The fourth-order valence-corrected chi connectivity index (χ4v) is 3.49. The minimum Gasteiger partial charge on any atom is -0.497 e. The Labute approximate surface area is 178 Å². The van der Waals surface area contributed by atoms with Crippen molar-refractivity contribution in [3.05, 3.63) is 76.6 Å². The number of fused-ring (bicyclic) bond motifs is 1. The number of hydrogen-bond acceptors (Lipinski definition) is 6. The number of amides is 1. The lowest BCUT2D eigenvalue weighted by Gasteiger charge is -2.12. The topological polar surface area (TPSA) is 85.6 Å². The van der Waals surface area contributed by atoms with Crippen molar-refractivity contribution in [2.45, 2.75) is 18.6 Å². The number of para-hydroxylation sites is 1. The molecule has 0 spiro atoms. The fraction of sp³-hybridized carbons (Fsp3) is 0.182. The number of carbonyl (C=O) groups is 1. The molecule has 0 aliphatic heterocycles. The molecule has 0 bridgehead atoms. The van der Waals surface area contributed by atoms with Crippen LogP contribution in [0.4, 0.5) is 0 Å². The summed E-state index contributed by atoms with van der Waals surface area (Å²) in [4.78, 5) is 29.6. The molecular weight excluding hydrogens is 400 g/mol. The summed E-state index contributed by atoms with van der Waals surface area (Å²) in [6.45, 7) is 6.07. The highest BCUT2D eigenvalue weighted by Gasteiger charge is 2.13. The second-order valence-electron chi connectivity index (χ2n) is 6.61. The molecule has 2 aromatic carbocycles. The van der Waals surface area contributed by atoms with Crippen molar-refractivity contribution < 1.29 is 9.53 Å². The van der Waals surface area contributed by atoms with Gasteiger partial charge in [0, 0.05) is 6.54 Å². The quantitative estimate of drug-likeness (QED) is 0.198. The molecule has 30 heavy (non-hydrogen) atoms. The number of carbonyl (C=O) groups excluding carboxylic acids is 1. The van der Waals surface area contributed by atoms with Gasteiger partial charge in [-0.2, -0.15) is 5.10 Å². The van der Waals surface area contributed by atoms with Gasteiger partial charge in [0.15, 0.2) is 5.16 Å². The molecule has 0 fully saturated rings. The minimum absolute atomic E-state index is 0.0704. The third-order valence-electron chi connectivity index (χ3n) is 4.11. The van der Waals surface area contributed by atoms with Crippen molar-refractivity contribution in [2.75, 3.05) is 12.9 Å². The smallest absolute Gasteiger partial charge is 0.262 e. The average molecular weight is 423 g/mol. The van der Waals surface area contributed by atoms with E-state index in [0.717, 1.165) is 16.9 Å². The van der Waals surface area contributed by atoms with E-state index in [9.17, 15) is 9.59 Å². The van der Waals surface area contributed by atoms with Crippen LogP contribution in [-0.2, 0) is 11.3 Å². The first-order valence-corrected chi connectivity index (χ1v) is 10.2. The second-order valence-corrected chi connectivity index (χ2v) is 7.56. The zero-order valence-corrected chi connectivity index (χ0v) is 17.6. The molecule has 3 aromatic rings. The monoisotopic (exact) mass is 422 g/mol. The number of aromatic nitrogens is 2. The number of methoxy groups -OCH3 is 1. The Morgan fingerprint density at radius 1 is 1.27 bits per heavy atom. The van der Waals surface area contributed by atoms with Gasteiger partial charge in [-0.05, 0) is 48.9 Å². The number of nitrogens with zero attached hydrogens (tertiary/aromatic N) is 3. The number of ether oxygens (including phenoxy) is 1. The van der Waals surface area contributed by atoms with Crippen LogP contribution in [-0.4, -0.2) is 34.5 Å². The van der Waals surface area contributed by atoms with E-state index < -0.39 is 0 Å². The summed E-state index contributed by atoms with van der Waals surface area (Å²) >= 11 is 1.19. The molecule has 1 aromatic heterocycles. The molecular formula is C22H22N4O3S. The minimum atomic E-state index is -0.297. The Hall–Kier alpha value is -3.39. The van der Waals surface area contributed by atoms with Crippen LogP contribution in [0, 0.1) is 0 Å². The number of benzene rings is 2. The predicted octanol–water partition coefficient (Wildman–Crippen LogP) is 3.22. The Morgan fingerprint density at radius 3 is 2.70 bits per heavy atom. The van der Waals surface area contributed by atoms with Crippen LogP contribution in [0.3, 0.4) is 0 Å². The first-order valence-electron chi connectivity index (χ1n) is 9.20. The largest absolute Gasteiger partial charge is 0.497 e. The molecule has 1 N–H and O–H groups in total. The molecule has 0 saturated heterocycles. The molecule has 8 heteroatoms. The average Bonchev–Trinajstić information content (AvgIpc) is 2.75. The van der Waals surface area contributed by atoms with Crippen LogP contribution in [0.5, 0.6) is 5.75 Å². The standard InChI is InChI=1S/C22H22N4O3S/c1-15(2)13-26-21(28)18-6-4-5-7-19(18)24-22(26)30-14-20(27)25-23-12-16-8-10-17(29-3)11-9-16/h4-12H,1,13-14H2,2-3H3,(H,25,27)/b23-12-. The molecule has 0 unspecified atom stereocenters. The van der Waals surface area contributed by atoms with Gasteiger partial charge < -0.3 is 4.74 Å². The highest BCUT2D eigenvalue weighted by atomic mass is 32.2. The summed E-state index contributed by atoms with van der Waals surface area (Å²) in [5, 5.41) is 4.97. The normalized spacial score (nSPS) is 11.0. The summed E-state index contributed by atoms with van der Waals surface area (Å²) in [7, 11) is 1.60. The van der Waals surface area contributed by atoms with E-state index in [-0.39, 0.29) is 17.2 Å².